The van der Waals surface area contributed by atoms with Gasteiger partial charge >= 0.3 is 0 Å². The van der Waals surface area contributed by atoms with Gasteiger partial charge in [-0.15, -0.1) is 0 Å². The Balaban J connectivity index is 1.75. The van der Waals surface area contributed by atoms with Crippen molar-refractivity contribution >= 4 is 0 Å². The molecule has 2 rings (SSSR count). The number of nitrogens with two attached hydrogens (primary N) is 1. The van der Waals surface area contributed by atoms with Crippen molar-refractivity contribution in [2.45, 2.75) is 39.5 Å². The van der Waals surface area contributed by atoms with Crippen molar-refractivity contribution < 1.29 is 0 Å². The molecule has 18 heavy (non-hydrogen) atoms. The fraction of sp³-hybridized carbons (Fsp3) is 1.00. The molecule has 0 aromatic rings. The quantitative estimate of drug-likeness (QED) is 0.757. The largest absolute Gasteiger partial charge is 0.330 e. The first-order chi connectivity index (χ1) is 8.47. The second-order valence-electron chi connectivity index (χ2n) is 7.40. The van der Waals surface area contributed by atoms with Crippen LogP contribution in [0.25, 0.3) is 0 Å². The topological polar surface area (TPSA) is 41.3 Å². The van der Waals surface area contributed by atoms with Crippen molar-refractivity contribution in [2.24, 2.45) is 22.5 Å². The van der Waals surface area contributed by atoms with Gasteiger partial charge in [-0.05, 0) is 56.1 Å². The highest BCUT2D eigenvalue weighted by atomic mass is 15.1. The predicted octanol–water partition coefficient (Wildman–Crippen LogP) is 1.68. The standard InChI is InChI=1S/C15H31N3/c1-14(2,13-5-8-18(3)9-13)11-17-12-15(10-16)6-4-7-15/h13,17H,4-12,16H2,1-3H3. The van der Waals surface area contributed by atoms with Crippen molar-refractivity contribution in [1.82, 2.24) is 10.2 Å². The normalized spacial score (nSPS) is 28.3. The average Bonchev–Trinajstić information content (AvgIpc) is 2.70. The molecule has 3 nitrogen and oxygen atoms in total. The van der Waals surface area contributed by atoms with Gasteiger partial charge in [0.05, 0.1) is 0 Å². The van der Waals surface area contributed by atoms with Gasteiger partial charge in [0.2, 0.25) is 0 Å². The van der Waals surface area contributed by atoms with E-state index < -0.39 is 0 Å². The van der Waals surface area contributed by atoms with Crippen molar-refractivity contribution in [3.8, 4) is 0 Å². The van der Waals surface area contributed by atoms with Crippen LogP contribution in [0.4, 0.5) is 0 Å². The van der Waals surface area contributed by atoms with E-state index in [1.165, 1.54) is 38.8 Å². The molecule has 3 heteroatoms. The van der Waals surface area contributed by atoms with Gasteiger partial charge in [0, 0.05) is 19.6 Å². The summed E-state index contributed by atoms with van der Waals surface area (Å²) in [6.45, 7) is 10.5. The first kappa shape index (κ1) is 14.3. The van der Waals surface area contributed by atoms with Crippen molar-refractivity contribution in [1.29, 1.82) is 0 Å². The van der Waals surface area contributed by atoms with Gasteiger partial charge in [0.25, 0.3) is 0 Å². The molecule has 2 fully saturated rings. The SMILES string of the molecule is CN1CCC(C(C)(C)CNCC2(CN)CCC2)C1. The van der Waals surface area contributed by atoms with Crippen LogP contribution in [0, 0.1) is 16.7 Å². The Kier molecular flexibility index (Phi) is 4.35. The number of rotatable bonds is 6. The third-order valence-electron chi connectivity index (χ3n) is 5.42. The molecule has 0 aromatic carbocycles. The fourth-order valence-electron chi connectivity index (χ4n) is 3.50. The number of nitrogens with zero attached hydrogens (tertiary/aromatic N) is 1. The van der Waals surface area contributed by atoms with Gasteiger partial charge in [-0.3, -0.25) is 0 Å². The maximum absolute atomic E-state index is 5.91. The zero-order valence-corrected chi connectivity index (χ0v) is 12.5. The van der Waals surface area contributed by atoms with E-state index in [0.717, 1.165) is 25.6 Å². The van der Waals surface area contributed by atoms with E-state index in [9.17, 15) is 0 Å². The molecule has 0 aromatic heterocycles. The van der Waals surface area contributed by atoms with Crippen LogP contribution < -0.4 is 11.1 Å². The number of hydrogen-bond donors (Lipinski definition) is 2. The summed E-state index contributed by atoms with van der Waals surface area (Å²) in [6, 6.07) is 0. The molecule has 1 aliphatic carbocycles. The molecule has 1 atom stereocenters. The van der Waals surface area contributed by atoms with Gasteiger partial charge in [0.15, 0.2) is 0 Å². The van der Waals surface area contributed by atoms with Crippen molar-refractivity contribution in [3.63, 3.8) is 0 Å². The monoisotopic (exact) mass is 253 g/mol. The summed E-state index contributed by atoms with van der Waals surface area (Å²) in [5.74, 6) is 0.838. The third-order valence-corrected chi connectivity index (χ3v) is 5.42. The van der Waals surface area contributed by atoms with Crippen LogP contribution >= 0.6 is 0 Å². The smallest absolute Gasteiger partial charge is 0.00201 e. The summed E-state index contributed by atoms with van der Waals surface area (Å²) in [7, 11) is 2.24. The summed E-state index contributed by atoms with van der Waals surface area (Å²) in [4.78, 5) is 2.46. The zero-order valence-electron chi connectivity index (χ0n) is 12.5. The highest BCUT2D eigenvalue weighted by Crippen LogP contribution is 2.39. The van der Waals surface area contributed by atoms with E-state index in [1.54, 1.807) is 0 Å². The molecule has 0 spiro atoms. The minimum absolute atomic E-state index is 0.407. The minimum Gasteiger partial charge on any atom is -0.330 e. The Bertz CT molecular complexity index is 265. The van der Waals surface area contributed by atoms with Gasteiger partial charge < -0.3 is 16.0 Å². The zero-order chi connectivity index (χ0) is 13.2. The molecule has 1 saturated heterocycles. The summed E-state index contributed by atoms with van der Waals surface area (Å²) in [6.07, 6.45) is 5.37. The maximum atomic E-state index is 5.91. The van der Waals surface area contributed by atoms with Gasteiger partial charge in [0.1, 0.15) is 0 Å². The molecular weight excluding hydrogens is 222 g/mol. The van der Waals surface area contributed by atoms with Crippen LogP contribution in [0.5, 0.6) is 0 Å². The molecule has 1 saturated carbocycles. The van der Waals surface area contributed by atoms with Crippen molar-refractivity contribution in [3.05, 3.63) is 0 Å². The Labute approximate surface area is 112 Å². The second-order valence-corrected chi connectivity index (χ2v) is 7.40. The Morgan fingerprint density at radius 1 is 1.39 bits per heavy atom. The summed E-state index contributed by atoms with van der Waals surface area (Å²) < 4.78 is 0. The molecule has 1 aliphatic heterocycles. The lowest BCUT2D eigenvalue weighted by Crippen LogP contribution is -2.48. The average molecular weight is 253 g/mol. The molecule has 1 unspecified atom stereocenters. The van der Waals surface area contributed by atoms with Crippen LogP contribution in [0.3, 0.4) is 0 Å². The van der Waals surface area contributed by atoms with Gasteiger partial charge in [-0.2, -0.15) is 0 Å². The number of hydrogen-bond acceptors (Lipinski definition) is 3. The summed E-state index contributed by atoms with van der Waals surface area (Å²) in [5.41, 5.74) is 6.75. The molecule has 0 bridgehead atoms. The predicted molar refractivity (Wildman–Crippen MR) is 77.6 cm³/mol. The second kappa shape index (κ2) is 5.48. The maximum Gasteiger partial charge on any atom is 0.00201 e. The van der Waals surface area contributed by atoms with Crippen molar-refractivity contribution in [2.75, 3.05) is 39.8 Å². The first-order valence-electron chi connectivity index (χ1n) is 7.57. The van der Waals surface area contributed by atoms with E-state index in [-0.39, 0.29) is 0 Å². The van der Waals surface area contributed by atoms with Crippen LogP contribution in [-0.4, -0.2) is 44.7 Å². The Morgan fingerprint density at radius 3 is 2.56 bits per heavy atom. The first-order valence-corrected chi connectivity index (χ1v) is 7.57. The van der Waals surface area contributed by atoms with E-state index in [4.69, 9.17) is 5.73 Å². The van der Waals surface area contributed by atoms with E-state index in [1.807, 2.05) is 0 Å². The molecule has 1 heterocycles. The molecule has 0 radical (unpaired) electrons. The summed E-state index contributed by atoms with van der Waals surface area (Å²) >= 11 is 0. The van der Waals surface area contributed by atoms with E-state index >= 15 is 0 Å². The highest BCUT2D eigenvalue weighted by molar-refractivity contribution is 4.92. The minimum atomic E-state index is 0.407. The van der Waals surface area contributed by atoms with Crippen LogP contribution in [0.1, 0.15) is 39.5 Å². The summed E-state index contributed by atoms with van der Waals surface area (Å²) in [5, 5.41) is 3.71. The lowest BCUT2D eigenvalue weighted by molar-refractivity contribution is 0.126. The highest BCUT2D eigenvalue weighted by Gasteiger charge is 2.37. The fourth-order valence-corrected chi connectivity index (χ4v) is 3.50. The lowest BCUT2D eigenvalue weighted by atomic mass is 9.68. The number of nitrogens with one attached hydrogen (secondary N) is 1. The molecule has 0 amide bonds. The lowest BCUT2D eigenvalue weighted by Gasteiger charge is -2.42. The van der Waals surface area contributed by atoms with Crippen LogP contribution in [0.2, 0.25) is 0 Å². The molecule has 2 aliphatic rings. The van der Waals surface area contributed by atoms with Crippen LogP contribution in [0.15, 0.2) is 0 Å². The molecule has 3 N–H and O–H groups in total. The number of likely N-dealkylation sites (tertiary alicyclic amines) is 1. The molecular formula is C15H31N3. The molecule has 106 valence electrons. The third kappa shape index (κ3) is 3.06. The van der Waals surface area contributed by atoms with Gasteiger partial charge in [-0.1, -0.05) is 20.3 Å². The Hall–Kier alpha value is -0.120. The van der Waals surface area contributed by atoms with Crippen LogP contribution in [-0.2, 0) is 0 Å². The van der Waals surface area contributed by atoms with E-state index in [0.29, 0.717) is 10.8 Å². The Morgan fingerprint density at radius 2 is 2.11 bits per heavy atom. The van der Waals surface area contributed by atoms with Gasteiger partial charge in [-0.25, -0.2) is 0 Å². The van der Waals surface area contributed by atoms with E-state index in [2.05, 4.69) is 31.1 Å².